The minimum Gasteiger partial charge on any atom is -0.507 e. The summed E-state index contributed by atoms with van der Waals surface area (Å²) in [6.45, 7) is 2.05. The fraction of sp³-hybridized carbons (Fsp3) is 0.0182. The molecular formula is C55H35N2O2PtS-. The second kappa shape index (κ2) is 15.9. The normalized spacial score (nSPS) is 11.3. The largest absolute Gasteiger partial charge is 0.507 e. The average molecular weight is 983 g/mol. The van der Waals surface area contributed by atoms with E-state index in [4.69, 9.17) is 14.4 Å². The number of phenolic OH excluding ortho intramolecular Hbond substituents is 1. The Hall–Kier alpha value is -6.91. The van der Waals surface area contributed by atoms with Crippen molar-refractivity contribution in [2.24, 2.45) is 0 Å². The second-order valence-corrected chi connectivity index (χ2v) is 16.1. The van der Waals surface area contributed by atoms with Crippen LogP contribution in [0.4, 0.5) is 0 Å². The van der Waals surface area contributed by atoms with E-state index >= 15 is 0 Å². The number of aromatic hydroxyl groups is 1. The van der Waals surface area contributed by atoms with E-state index in [1.807, 2.05) is 60.7 Å². The molecule has 0 saturated carbocycles. The van der Waals surface area contributed by atoms with Gasteiger partial charge in [0, 0.05) is 80.6 Å². The first kappa shape index (κ1) is 38.3. The van der Waals surface area contributed by atoms with E-state index in [1.165, 1.54) is 20.5 Å². The predicted molar refractivity (Wildman–Crippen MR) is 248 cm³/mol. The van der Waals surface area contributed by atoms with Crippen LogP contribution >= 0.6 is 11.3 Å². The van der Waals surface area contributed by atoms with Crippen LogP contribution in [-0.4, -0.2) is 15.1 Å². The van der Waals surface area contributed by atoms with Gasteiger partial charge in [0.15, 0.2) is 0 Å². The first-order valence-electron chi connectivity index (χ1n) is 19.9. The number of aryl methyl sites for hydroxylation is 1. The van der Waals surface area contributed by atoms with Crippen molar-refractivity contribution in [1.82, 2.24) is 9.97 Å². The third kappa shape index (κ3) is 7.06. The summed E-state index contributed by atoms with van der Waals surface area (Å²) in [4.78, 5) is 12.5. The first-order valence-corrected chi connectivity index (χ1v) is 20.8. The van der Waals surface area contributed by atoms with E-state index in [0.29, 0.717) is 11.3 Å². The fourth-order valence-electron chi connectivity index (χ4n) is 8.30. The molecular weight excluding hydrogens is 948 g/mol. The zero-order valence-corrected chi connectivity index (χ0v) is 36.0. The number of benzene rings is 7. The third-order valence-corrected chi connectivity index (χ3v) is 12.5. The minimum absolute atomic E-state index is 0. The van der Waals surface area contributed by atoms with Crippen molar-refractivity contribution in [3.63, 3.8) is 0 Å². The molecule has 61 heavy (non-hydrogen) atoms. The Morgan fingerprint density at radius 3 is 1.80 bits per heavy atom. The summed E-state index contributed by atoms with van der Waals surface area (Å²) in [7, 11) is 0. The zero-order valence-electron chi connectivity index (χ0n) is 32.9. The smallest absolute Gasteiger partial charge is 0.143 e. The SMILES string of the molecule is Cc1cc(-c2sc(-c3ccc4c(c3)oc3c(-c5ccccc5)cccc34)c3ccccc23)cc(-c2[c-]c(-c3cc(-c4ccccc4)cc(-c4ccccc4O)n3)ccc2)n1.[Pt]. The van der Waals surface area contributed by atoms with Gasteiger partial charge in [0.05, 0.1) is 5.69 Å². The molecule has 7 aromatic carbocycles. The van der Waals surface area contributed by atoms with Gasteiger partial charge in [-0.15, -0.1) is 35.6 Å². The molecule has 1 N–H and O–H groups in total. The molecule has 294 valence electrons. The number of phenols is 1. The molecule has 0 fully saturated rings. The summed E-state index contributed by atoms with van der Waals surface area (Å²) < 4.78 is 6.67. The first-order chi connectivity index (χ1) is 29.5. The van der Waals surface area contributed by atoms with Crippen molar-refractivity contribution in [2.75, 3.05) is 0 Å². The van der Waals surface area contributed by atoms with Gasteiger partial charge in [-0.1, -0.05) is 145 Å². The maximum absolute atomic E-state index is 10.8. The van der Waals surface area contributed by atoms with Gasteiger partial charge in [-0.25, -0.2) is 0 Å². The molecule has 0 unspecified atom stereocenters. The molecule has 6 heteroatoms. The average Bonchev–Trinajstić information content (AvgIpc) is 3.88. The van der Waals surface area contributed by atoms with Crippen LogP contribution in [0.25, 0.3) is 110 Å². The number of hydrogen-bond donors (Lipinski definition) is 1. The van der Waals surface area contributed by atoms with Crippen LogP contribution in [0.1, 0.15) is 5.69 Å². The van der Waals surface area contributed by atoms with E-state index < -0.39 is 0 Å². The number of pyridine rings is 2. The molecule has 0 aliphatic carbocycles. The molecule has 0 aliphatic heterocycles. The van der Waals surface area contributed by atoms with Crippen LogP contribution in [0.3, 0.4) is 0 Å². The number of nitrogens with zero attached hydrogens (tertiary/aromatic N) is 2. The van der Waals surface area contributed by atoms with Gasteiger partial charge in [0.2, 0.25) is 0 Å². The van der Waals surface area contributed by atoms with Gasteiger partial charge in [0.25, 0.3) is 0 Å². The summed E-state index contributed by atoms with van der Waals surface area (Å²) in [5.74, 6) is 0.187. The summed E-state index contributed by atoms with van der Waals surface area (Å²) in [6.07, 6.45) is 0. The molecule has 0 aliphatic rings. The number of hydrogen-bond acceptors (Lipinski definition) is 5. The van der Waals surface area contributed by atoms with Crippen LogP contribution in [0.2, 0.25) is 0 Å². The predicted octanol–water partition coefficient (Wildman–Crippen LogP) is 15.1. The van der Waals surface area contributed by atoms with Crippen LogP contribution in [0.15, 0.2) is 192 Å². The number of fused-ring (bicyclic) bond motifs is 4. The van der Waals surface area contributed by atoms with Gasteiger partial charge in [-0.05, 0) is 71.1 Å². The van der Waals surface area contributed by atoms with Crippen molar-refractivity contribution >= 4 is 44.0 Å². The number of aromatic nitrogens is 2. The zero-order chi connectivity index (χ0) is 40.2. The molecule has 11 aromatic rings. The number of furan rings is 1. The van der Waals surface area contributed by atoms with Crippen LogP contribution in [0.5, 0.6) is 5.75 Å². The number of para-hydroxylation sites is 2. The molecule has 0 saturated heterocycles. The number of rotatable bonds is 7. The summed E-state index contributed by atoms with van der Waals surface area (Å²) >= 11 is 1.80. The minimum atomic E-state index is 0. The van der Waals surface area contributed by atoms with Gasteiger partial charge in [-0.3, -0.25) is 9.97 Å². The van der Waals surface area contributed by atoms with E-state index in [-0.39, 0.29) is 26.8 Å². The maximum atomic E-state index is 10.8. The molecule has 0 bridgehead atoms. The van der Waals surface area contributed by atoms with E-state index in [0.717, 1.165) is 83.5 Å². The van der Waals surface area contributed by atoms with E-state index in [2.05, 4.69) is 134 Å². The van der Waals surface area contributed by atoms with Crippen LogP contribution in [0, 0.1) is 13.0 Å². The summed E-state index contributed by atoms with van der Waals surface area (Å²) in [6, 6.07) is 68.0. The molecule has 11 rings (SSSR count). The van der Waals surface area contributed by atoms with Crippen molar-refractivity contribution in [3.8, 4) is 82.7 Å². The Morgan fingerprint density at radius 1 is 0.459 bits per heavy atom. The topological polar surface area (TPSA) is 59.2 Å². The molecule has 0 radical (unpaired) electrons. The Kier molecular flexibility index (Phi) is 10.0. The van der Waals surface area contributed by atoms with Crippen LogP contribution in [-0.2, 0) is 21.1 Å². The van der Waals surface area contributed by atoms with Crippen molar-refractivity contribution in [2.45, 2.75) is 6.92 Å². The van der Waals surface area contributed by atoms with E-state index in [1.54, 1.807) is 17.4 Å². The monoisotopic (exact) mass is 982 g/mol. The van der Waals surface area contributed by atoms with E-state index in [9.17, 15) is 5.11 Å². The fourth-order valence-corrected chi connectivity index (χ4v) is 9.56. The standard InChI is InChI=1S/C55H35N2O2S.Pt/c1-34-28-41(32-48(56-34)37-18-12-19-38(29-37)49-30-40(35-14-4-2-5-15-35)31-50(57-49)47-22-10-11-25-51(47)58)55-46-21-9-8-20-45(46)54(60-55)39-26-27-43-44-24-13-23-42(36-16-6-3-7-17-36)53(44)59-52(43)33-39;/h2-28,30-33,58H,1H3;/q-1;. The van der Waals surface area contributed by atoms with Crippen LogP contribution < -0.4 is 0 Å². The molecule has 4 nitrogen and oxygen atoms in total. The Bertz CT molecular complexity index is 3410. The van der Waals surface area contributed by atoms with Crippen molar-refractivity contribution < 1.29 is 30.6 Å². The Morgan fingerprint density at radius 2 is 1.05 bits per heavy atom. The van der Waals surface area contributed by atoms with Gasteiger partial charge >= 0.3 is 0 Å². The Balaban J connectivity index is 0.00000445. The Labute approximate surface area is 371 Å². The van der Waals surface area contributed by atoms with Crippen molar-refractivity contribution in [3.05, 3.63) is 200 Å². The van der Waals surface area contributed by atoms with Gasteiger partial charge in [0.1, 0.15) is 16.9 Å². The van der Waals surface area contributed by atoms with Gasteiger partial charge < -0.3 is 9.52 Å². The quantitative estimate of drug-likeness (QED) is 0.162. The van der Waals surface area contributed by atoms with Crippen molar-refractivity contribution in [1.29, 1.82) is 0 Å². The number of thiophene rings is 1. The maximum Gasteiger partial charge on any atom is 0.143 e. The summed E-state index contributed by atoms with van der Waals surface area (Å²) in [5.41, 5.74) is 13.9. The second-order valence-electron chi connectivity index (χ2n) is 15.0. The molecule has 4 heterocycles. The molecule has 0 amide bonds. The molecule has 0 spiro atoms. The van der Waals surface area contributed by atoms with Gasteiger partial charge in [-0.2, -0.15) is 0 Å². The molecule has 0 atom stereocenters. The summed E-state index contributed by atoms with van der Waals surface area (Å²) in [5, 5.41) is 15.4. The molecule has 4 aromatic heterocycles. The third-order valence-electron chi connectivity index (χ3n) is 11.1.